The average molecular weight is 456 g/mol. The zero-order valence-corrected chi connectivity index (χ0v) is 17.7. The Bertz CT molecular complexity index is 1360. The topological polar surface area (TPSA) is 55.2 Å². The van der Waals surface area contributed by atoms with E-state index in [0.29, 0.717) is 16.8 Å². The van der Waals surface area contributed by atoms with E-state index in [1.165, 1.54) is 15.9 Å². The lowest BCUT2D eigenvalue weighted by Gasteiger charge is -2.18. The van der Waals surface area contributed by atoms with Gasteiger partial charge in [0.25, 0.3) is 5.56 Å². The number of amides is 1. The van der Waals surface area contributed by atoms with Gasteiger partial charge in [0.2, 0.25) is 5.91 Å². The van der Waals surface area contributed by atoms with Crippen molar-refractivity contribution >= 4 is 44.9 Å². The maximum atomic E-state index is 13.8. The van der Waals surface area contributed by atoms with Crippen LogP contribution in [-0.2, 0) is 11.2 Å². The Morgan fingerprint density at radius 2 is 1.90 bits per heavy atom. The van der Waals surface area contributed by atoms with Gasteiger partial charge in [0, 0.05) is 18.3 Å². The summed E-state index contributed by atoms with van der Waals surface area (Å²) in [6.45, 7) is 0.595. The third-order valence-electron chi connectivity index (χ3n) is 5.07. The average Bonchev–Trinajstić information content (AvgIpc) is 3.38. The van der Waals surface area contributed by atoms with Crippen molar-refractivity contribution in [2.24, 2.45) is 0 Å². The molecular weight excluding hydrogens is 440 g/mol. The van der Waals surface area contributed by atoms with Gasteiger partial charge >= 0.3 is 0 Å². The number of fused-ring (bicyclic) bond motifs is 2. The molecule has 4 aromatic rings. The highest BCUT2D eigenvalue weighted by Gasteiger charge is 2.25. The summed E-state index contributed by atoms with van der Waals surface area (Å²) in [6, 6.07) is 12.3. The predicted octanol–water partition coefficient (Wildman–Crippen LogP) is 4.41. The quantitative estimate of drug-likeness (QED) is 0.338. The van der Waals surface area contributed by atoms with E-state index in [-0.39, 0.29) is 22.5 Å². The summed E-state index contributed by atoms with van der Waals surface area (Å²) in [7, 11) is 0. The van der Waals surface area contributed by atoms with Crippen molar-refractivity contribution in [3.63, 3.8) is 0 Å². The van der Waals surface area contributed by atoms with Crippen molar-refractivity contribution < 1.29 is 13.6 Å². The number of nitrogens with zero attached hydrogens (tertiary/aromatic N) is 3. The molecule has 1 aliphatic heterocycles. The van der Waals surface area contributed by atoms with Gasteiger partial charge in [0.05, 0.1) is 17.0 Å². The van der Waals surface area contributed by atoms with Crippen molar-refractivity contribution in [1.29, 1.82) is 0 Å². The second-order valence-corrected chi connectivity index (χ2v) is 8.87. The lowest BCUT2D eigenvalue weighted by molar-refractivity contribution is -0.116. The number of carbonyl (C=O) groups excluding carboxylic acids is 1. The number of thiophene rings is 1. The molecule has 1 aliphatic rings. The van der Waals surface area contributed by atoms with Gasteiger partial charge in [0.15, 0.2) is 5.16 Å². The van der Waals surface area contributed by atoms with Crippen LogP contribution < -0.4 is 10.5 Å². The molecule has 0 aliphatic carbocycles. The number of halogens is 2. The maximum absolute atomic E-state index is 13.8. The highest BCUT2D eigenvalue weighted by Crippen LogP contribution is 2.29. The Morgan fingerprint density at radius 1 is 1.13 bits per heavy atom. The van der Waals surface area contributed by atoms with Gasteiger partial charge in [0.1, 0.15) is 16.3 Å². The van der Waals surface area contributed by atoms with Gasteiger partial charge in [-0.15, -0.1) is 11.3 Å². The standard InChI is InChI=1S/C22H15F2N3O2S2/c23-14-9-15(24)11-16(10-14)27-21(29)20-17(6-8-30-20)25-22(27)31-12-19(28)26-7-5-13-3-1-2-4-18(13)26/h1-4,6,8-11H,5,7,12H2. The third kappa shape index (κ3) is 3.64. The molecule has 1 amide bonds. The van der Waals surface area contributed by atoms with Gasteiger partial charge < -0.3 is 4.90 Å². The Morgan fingerprint density at radius 3 is 2.71 bits per heavy atom. The van der Waals surface area contributed by atoms with Crippen molar-refractivity contribution in [3.05, 3.63) is 81.5 Å². The maximum Gasteiger partial charge on any atom is 0.276 e. The fourth-order valence-electron chi connectivity index (χ4n) is 3.69. The van der Waals surface area contributed by atoms with Crippen molar-refractivity contribution in [2.45, 2.75) is 11.6 Å². The first-order valence-electron chi connectivity index (χ1n) is 9.49. The first kappa shape index (κ1) is 19.9. The molecule has 2 aromatic carbocycles. The number of hydrogen-bond acceptors (Lipinski definition) is 5. The van der Waals surface area contributed by atoms with Crippen LogP contribution in [0.5, 0.6) is 0 Å². The van der Waals surface area contributed by atoms with Crippen LogP contribution in [0.1, 0.15) is 5.56 Å². The zero-order valence-electron chi connectivity index (χ0n) is 16.0. The molecule has 0 radical (unpaired) electrons. The van der Waals surface area contributed by atoms with E-state index in [0.717, 1.165) is 47.6 Å². The van der Waals surface area contributed by atoms with E-state index in [1.807, 2.05) is 24.3 Å². The minimum Gasteiger partial charge on any atom is -0.311 e. The smallest absolute Gasteiger partial charge is 0.276 e. The normalized spacial score (nSPS) is 13.0. The SMILES string of the molecule is O=C(CSc1nc2ccsc2c(=O)n1-c1cc(F)cc(F)c1)N1CCc2ccccc21. The molecule has 9 heteroatoms. The van der Waals surface area contributed by atoms with E-state index in [2.05, 4.69) is 4.98 Å². The molecule has 0 fully saturated rings. The summed E-state index contributed by atoms with van der Waals surface area (Å²) >= 11 is 2.29. The van der Waals surface area contributed by atoms with Crippen molar-refractivity contribution in [3.8, 4) is 5.69 Å². The fraction of sp³-hybridized carbons (Fsp3) is 0.136. The molecule has 156 valence electrons. The Balaban J connectivity index is 1.51. The molecule has 0 atom stereocenters. The highest BCUT2D eigenvalue weighted by atomic mass is 32.2. The third-order valence-corrected chi connectivity index (χ3v) is 6.88. The highest BCUT2D eigenvalue weighted by molar-refractivity contribution is 7.99. The van der Waals surface area contributed by atoms with Crippen LogP contribution in [-0.4, -0.2) is 27.8 Å². The van der Waals surface area contributed by atoms with Crippen molar-refractivity contribution in [2.75, 3.05) is 17.2 Å². The molecule has 31 heavy (non-hydrogen) atoms. The predicted molar refractivity (Wildman–Crippen MR) is 118 cm³/mol. The Hall–Kier alpha value is -3.04. The van der Waals surface area contributed by atoms with Crippen LogP contribution in [0.25, 0.3) is 15.9 Å². The number of hydrogen-bond donors (Lipinski definition) is 0. The molecule has 0 unspecified atom stereocenters. The molecule has 0 bridgehead atoms. The molecule has 0 spiro atoms. The monoisotopic (exact) mass is 455 g/mol. The number of para-hydroxylation sites is 1. The summed E-state index contributed by atoms with van der Waals surface area (Å²) < 4.78 is 29.2. The van der Waals surface area contributed by atoms with Crippen LogP contribution in [0.3, 0.4) is 0 Å². The van der Waals surface area contributed by atoms with Gasteiger partial charge in [-0.1, -0.05) is 30.0 Å². The molecule has 0 saturated heterocycles. The first-order chi connectivity index (χ1) is 15.0. The minimum atomic E-state index is -0.797. The Kier molecular flexibility index (Phi) is 5.07. The van der Waals surface area contributed by atoms with Crippen molar-refractivity contribution in [1.82, 2.24) is 9.55 Å². The van der Waals surface area contributed by atoms with E-state index >= 15 is 0 Å². The fourth-order valence-corrected chi connectivity index (χ4v) is 5.33. The number of anilines is 1. The second-order valence-electron chi connectivity index (χ2n) is 7.01. The summed E-state index contributed by atoms with van der Waals surface area (Å²) in [5.41, 5.74) is 2.10. The van der Waals surface area contributed by atoms with E-state index in [4.69, 9.17) is 0 Å². The summed E-state index contributed by atoms with van der Waals surface area (Å²) in [4.78, 5) is 32.2. The molecular formula is C22H15F2N3O2S2. The van der Waals surface area contributed by atoms with Gasteiger partial charge in [-0.25, -0.2) is 13.8 Å². The number of benzene rings is 2. The lowest BCUT2D eigenvalue weighted by Crippen LogP contribution is -2.31. The molecule has 5 nitrogen and oxygen atoms in total. The van der Waals surface area contributed by atoms with Gasteiger partial charge in [-0.2, -0.15) is 0 Å². The molecule has 2 aromatic heterocycles. The molecule has 5 rings (SSSR count). The van der Waals surface area contributed by atoms with Gasteiger partial charge in [-0.3, -0.25) is 14.2 Å². The van der Waals surface area contributed by atoms with Crippen LogP contribution in [0.2, 0.25) is 0 Å². The number of thioether (sulfide) groups is 1. The van der Waals surface area contributed by atoms with E-state index in [9.17, 15) is 18.4 Å². The summed E-state index contributed by atoms with van der Waals surface area (Å²) in [5.74, 6) is -1.68. The summed E-state index contributed by atoms with van der Waals surface area (Å²) in [6.07, 6.45) is 0.791. The number of rotatable bonds is 4. The number of aromatic nitrogens is 2. The van der Waals surface area contributed by atoms with E-state index < -0.39 is 17.2 Å². The lowest BCUT2D eigenvalue weighted by atomic mass is 10.2. The molecule has 0 saturated carbocycles. The first-order valence-corrected chi connectivity index (χ1v) is 11.4. The molecule has 0 N–H and O–H groups in total. The van der Waals surface area contributed by atoms with Crippen LogP contribution >= 0.6 is 23.1 Å². The minimum absolute atomic E-state index is 0.0340. The summed E-state index contributed by atoms with van der Waals surface area (Å²) in [5, 5.41) is 1.94. The largest absolute Gasteiger partial charge is 0.311 e. The second kappa shape index (κ2) is 7.90. The van der Waals surface area contributed by atoms with Crippen LogP contribution in [0, 0.1) is 11.6 Å². The molecule has 3 heterocycles. The van der Waals surface area contributed by atoms with Crippen LogP contribution in [0.15, 0.2) is 63.9 Å². The van der Waals surface area contributed by atoms with Crippen LogP contribution in [0.4, 0.5) is 14.5 Å². The Labute approximate surface area is 184 Å². The zero-order chi connectivity index (χ0) is 21.5. The van der Waals surface area contributed by atoms with E-state index in [1.54, 1.807) is 16.3 Å². The van der Waals surface area contributed by atoms with Gasteiger partial charge in [-0.05, 0) is 41.6 Å². The number of carbonyl (C=O) groups is 1.